The van der Waals surface area contributed by atoms with Crippen LogP contribution in [0.4, 0.5) is 0 Å². The van der Waals surface area contributed by atoms with Gasteiger partial charge in [-0.1, -0.05) is 13.8 Å². The van der Waals surface area contributed by atoms with Crippen molar-refractivity contribution in [3.8, 4) is 0 Å². The van der Waals surface area contributed by atoms with E-state index in [1.807, 2.05) is 5.38 Å². The van der Waals surface area contributed by atoms with Crippen LogP contribution in [-0.4, -0.2) is 54.0 Å². The molecule has 0 amide bonds. The van der Waals surface area contributed by atoms with Gasteiger partial charge in [-0.3, -0.25) is 4.99 Å². The zero-order valence-corrected chi connectivity index (χ0v) is 13.8. The van der Waals surface area contributed by atoms with E-state index >= 15 is 0 Å². The number of hydrogen-bond donors (Lipinski definition) is 1. The number of fused-ring (bicyclic) bond motifs is 1. The average Bonchev–Trinajstić information content (AvgIpc) is 3.13. The number of aromatic nitrogens is 1. The third-order valence-corrected chi connectivity index (χ3v) is 4.55. The predicted octanol–water partition coefficient (Wildman–Crippen LogP) is 1.40. The number of nitrogens with one attached hydrogen (secondary N) is 1. The zero-order valence-electron chi connectivity index (χ0n) is 13.0. The summed E-state index contributed by atoms with van der Waals surface area (Å²) in [6.07, 6.45) is 2.59. The lowest BCUT2D eigenvalue weighted by atomic mass is 10.1. The molecule has 3 rings (SSSR count). The molecule has 7 heteroatoms. The van der Waals surface area contributed by atoms with E-state index in [-0.39, 0.29) is 5.97 Å². The summed E-state index contributed by atoms with van der Waals surface area (Å²) < 4.78 is 4.91. The predicted molar refractivity (Wildman–Crippen MR) is 85.9 cm³/mol. The number of amidine groups is 1. The summed E-state index contributed by atoms with van der Waals surface area (Å²) in [5.74, 6) is 0.581. The Balaban J connectivity index is 1.92. The van der Waals surface area contributed by atoms with E-state index < -0.39 is 0 Å². The number of hydrogen-bond acceptors (Lipinski definition) is 7. The first-order valence-electron chi connectivity index (χ1n) is 7.38. The average molecular weight is 320 g/mol. The third-order valence-electron chi connectivity index (χ3n) is 3.78. The first-order chi connectivity index (χ1) is 10.6. The molecule has 0 bridgehead atoms. The van der Waals surface area contributed by atoms with E-state index in [1.165, 1.54) is 7.11 Å². The quantitative estimate of drug-likeness (QED) is 0.850. The van der Waals surface area contributed by atoms with Crippen molar-refractivity contribution in [3.05, 3.63) is 27.9 Å². The van der Waals surface area contributed by atoms with Gasteiger partial charge in [0.05, 0.1) is 19.2 Å². The lowest BCUT2D eigenvalue weighted by Gasteiger charge is -2.26. The number of thiazole rings is 1. The van der Waals surface area contributed by atoms with Crippen LogP contribution >= 0.6 is 11.3 Å². The second-order valence-corrected chi connectivity index (χ2v) is 6.62. The van der Waals surface area contributed by atoms with Crippen molar-refractivity contribution in [3.63, 3.8) is 0 Å². The van der Waals surface area contributed by atoms with Gasteiger partial charge in [-0.15, -0.1) is 11.3 Å². The highest BCUT2D eigenvalue weighted by Crippen LogP contribution is 2.31. The van der Waals surface area contributed by atoms with E-state index in [9.17, 15) is 4.79 Å². The van der Waals surface area contributed by atoms with Gasteiger partial charge in [-0.2, -0.15) is 0 Å². The summed E-state index contributed by atoms with van der Waals surface area (Å²) in [6.45, 7) is 5.42. The second-order valence-electron chi connectivity index (χ2n) is 5.73. The van der Waals surface area contributed by atoms with Crippen LogP contribution in [-0.2, 0) is 9.53 Å². The fourth-order valence-corrected chi connectivity index (χ4v) is 3.63. The lowest BCUT2D eigenvalue weighted by Crippen LogP contribution is -2.39. The van der Waals surface area contributed by atoms with Crippen molar-refractivity contribution in [2.24, 2.45) is 4.99 Å². The number of aliphatic imine (C=N–C) groups is 1. The third kappa shape index (κ3) is 2.78. The van der Waals surface area contributed by atoms with Gasteiger partial charge in [0.15, 0.2) is 10.8 Å². The normalized spacial score (nSPS) is 21.2. The Kier molecular flexibility index (Phi) is 4.26. The standard InChI is InChI=1S/C15H20N4O2S/c1-9(2)18-10-6-12-11(15(20)21-3)7-17-13(19(12)8-10)14-16-4-5-22-14/h4-5,9-10,18H,6-8H2,1-3H3. The topological polar surface area (TPSA) is 66.8 Å². The Morgan fingerprint density at radius 3 is 3.00 bits per heavy atom. The van der Waals surface area contributed by atoms with E-state index in [4.69, 9.17) is 4.74 Å². The molecule has 1 aromatic rings. The van der Waals surface area contributed by atoms with Crippen LogP contribution in [0.5, 0.6) is 0 Å². The Morgan fingerprint density at radius 1 is 1.55 bits per heavy atom. The Hall–Kier alpha value is -1.73. The Bertz CT molecular complexity index is 621. The minimum absolute atomic E-state index is 0.285. The summed E-state index contributed by atoms with van der Waals surface area (Å²) in [7, 11) is 1.42. The molecule has 0 spiro atoms. The smallest absolute Gasteiger partial charge is 0.337 e. The number of methoxy groups -OCH3 is 1. The molecule has 1 N–H and O–H groups in total. The van der Waals surface area contributed by atoms with E-state index in [2.05, 4.69) is 34.0 Å². The molecule has 118 valence electrons. The van der Waals surface area contributed by atoms with Crippen LogP contribution in [0, 0.1) is 0 Å². The van der Waals surface area contributed by atoms with Crippen LogP contribution in [0.3, 0.4) is 0 Å². The highest BCUT2D eigenvalue weighted by molar-refractivity contribution is 7.11. The van der Waals surface area contributed by atoms with Gasteiger partial charge in [-0.25, -0.2) is 9.78 Å². The number of esters is 1. The van der Waals surface area contributed by atoms with Crippen LogP contribution in [0.2, 0.25) is 0 Å². The molecule has 3 heterocycles. The van der Waals surface area contributed by atoms with Gasteiger partial charge in [0.1, 0.15) is 0 Å². The highest BCUT2D eigenvalue weighted by atomic mass is 32.1. The number of carbonyl (C=O) groups excluding carboxylic acids is 1. The van der Waals surface area contributed by atoms with Crippen LogP contribution < -0.4 is 5.32 Å². The Morgan fingerprint density at radius 2 is 2.36 bits per heavy atom. The first kappa shape index (κ1) is 15.2. The molecule has 1 saturated heterocycles. The molecule has 1 unspecified atom stereocenters. The summed E-state index contributed by atoms with van der Waals surface area (Å²) in [5.41, 5.74) is 1.68. The van der Waals surface area contributed by atoms with Crippen molar-refractivity contribution in [1.82, 2.24) is 15.2 Å². The van der Waals surface area contributed by atoms with Crippen LogP contribution in [0.25, 0.3) is 0 Å². The molecule has 1 fully saturated rings. The van der Waals surface area contributed by atoms with Gasteiger partial charge in [0.25, 0.3) is 0 Å². The van der Waals surface area contributed by atoms with E-state index in [1.54, 1.807) is 17.5 Å². The summed E-state index contributed by atoms with van der Waals surface area (Å²) in [4.78, 5) is 23.1. The van der Waals surface area contributed by atoms with Gasteiger partial charge in [0.2, 0.25) is 0 Å². The number of rotatable bonds is 4. The Labute approximate surface area is 133 Å². The maximum atomic E-state index is 12.0. The summed E-state index contributed by atoms with van der Waals surface area (Å²) in [5, 5.41) is 6.38. The molecule has 0 saturated carbocycles. The number of carbonyl (C=O) groups is 1. The number of ether oxygens (including phenoxy) is 1. The summed E-state index contributed by atoms with van der Waals surface area (Å²) >= 11 is 1.57. The van der Waals surface area contributed by atoms with Crippen molar-refractivity contribution in [1.29, 1.82) is 0 Å². The molecule has 2 aliphatic rings. The van der Waals surface area contributed by atoms with Crippen molar-refractivity contribution in [2.75, 3.05) is 20.2 Å². The first-order valence-corrected chi connectivity index (χ1v) is 8.26. The van der Waals surface area contributed by atoms with Crippen LogP contribution in [0.1, 0.15) is 25.3 Å². The highest BCUT2D eigenvalue weighted by Gasteiger charge is 2.37. The molecular weight excluding hydrogens is 300 g/mol. The second kappa shape index (κ2) is 6.18. The minimum Gasteiger partial charge on any atom is -0.466 e. The van der Waals surface area contributed by atoms with Crippen molar-refractivity contribution >= 4 is 23.1 Å². The molecule has 0 aliphatic carbocycles. The summed E-state index contributed by atoms with van der Waals surface area (Å²) in [6, 6.07) is 0.701. The van der Waals surface area contributed by atoms with Gasteiger partial charge in [-0.05, 0) is 0 Å². The zero-order chi connectivity index (χ0) is 15.7. The largest absolute Gasteiger partial charge is 0.466 e. The SMILES string of the molecule is COC(=O)C1=C2CC(NC(C)C)CN2C(c2nccs2)=NC1. The molecule has 6 nitrogen and oxygen atoms in total. The maximum Gasteiger partial charge on any atom is 0.337 e. The lowest BCUT2D eigenvalue weighted by molar-refractivity contribution is -0.136. The van der Waals surface area contributed by atoms with Crippen molar-refractivity contribution < 1.29 is 9.53 Å². The van der Waals surface area contributed by atoms with Gasteiger partial charge >= 0.3 is 5.97 Å². The number of nitrogens with zero attached hydrogens (tertiary/aromatic N) is 3. The molecule has 2 aliphatic heterocycles. The monoisotopic (exact) mass is 320 g/mol. The molecule has 0 aromatic carbocycles. The molecular formula is C15H20N4O2S. The fraction of sp³-hybridized carbons (Fsp3) is 0.533. The molecule has 0 radical (unpaired) electrons. The molecule has 22 heavy (non-hydrogen) atoms. The van der Waals surface area contributed by atoms with Crippen molar-refractivity contribution in [2.45, 2.75) is 32.4 Å². The van der Waals surface area contributed by atoms with Crippen LogP contribution in [0.15, 0.2) is 27.8 Å². The molecule has 1 atom stereocenters. The fourth-order valence-electron chi connectivity index (χ4n) is 2.98. The van der Waals surface area contributed by atoms with Gasteiger partial charge in [0, 0.05) is 42.3 Å². The van der Waals surface area contributed by atoms with E-state index in [0.717, 1.165) is 29.5 Å². The maximum absolute atomic E-state index is 12.0. The molecule has 1 aromatic heterocycles. The minimum atomic E-state index is -0.285. The van der Waals surface area contributed by atoms with E-state index in [0.29, 0.717) is 24.2 Å². The van der Waals surface area contributed by atoms with Gasteiger partial charge < -0.3 is 15.0 Å².